The van der Waals surface area contributed by atoms with E-state index in [4.69, 9.17) is 5.73 Å². The number of primary amides is 1. The van der Waals surface area contributed by atoms with Gasteiger partial charge in [0, 0.05) is 5.69 Å². The number of rotatable bonds is 5. The predicted molar refractivity (Wildman–Crippen MR) is 81.9 cm³/mol. The van der Waals surface area contributed by atoms with Gasteiger partial charge in [0.1, 0.15) is 0 Å². The van der Waals surface area contributed by atoms with Crippen molar-refractivity contribution in [2.24, 2.45) is 11.7 Å². The highest BCUT2D eigenvalue weighted by atomic mass is 16.2. The fourth-order valence-corrected chi connectivity index (χ4v) is 2.81. The van der Waals surface area contributed by atoms with Crippen LogP contribution in [0.4, 0.5) is 5.69 Å². The number of nitrogens with two attached hydrogens (primary N) is 1. The number of aryl methyl sites for hydroxylation is 1. The van der Waals surface area contributed by atoms with Crippen LogP contribution in [0.2, 0.25) is 0 Å². The lowest BCUT2D eigenvalue weighted by atomic mass is 9.97. The molecule has 21 heavy (non-hydrogen) atoms. The van der Waals surface area contributed by atoms with E-state index in [1.807, 2.05) is 24.3 Å². The minimum atomic E-state index is -0.247. The van der Waals surface area contributed by atoms with Crippen molar-refractivity contribution in [1.82, 2.24) is 0 Å². The number of amides is 2. The van der Waals surface area contributed by atoms with Gasteiger partial charge in [-0.3, -0.25) is 9.59 Å². The van der Waals surface area contributed by atoms with Gasteiger partial charge in [-0.15, -0.1) is 0 Å². The Morgan fingerprint density at radius 2 is 2.05 bits per heavy atom. The largest absolute Gasteiger partial charge is 0.369 e. The molecule has 1 aliphatic heterocycles. The number of quaternary nitrogens is 1. The Hall–Kier alpha value is -1.88. The van der Waals surface area contributed by atoms with E-state index in [0.29, 0.717) is 13.1 Å². The third-order valence-electron chi connectivity index (χ3n) is 4.08. The van der Waals surface area contributed by atoms with Crippen molar-refractivity contribution in [3.8, 4) is 0 Å². The molecular weight excluding hydrogens is 266 g/mol. The molecule has 1 heterocycles. The number of likely N-dealkylation sites (tertiary alicyclic amines) is 1. The van der Waals surface area contributed by atoms with Crippen LogP contribution in [-0.4, -0.2) is 31.4 Å². The molecule has 2 amide bonds. The monoisotopic (exact) mass is 290 g/mol. The number of anilines is 1. The SMILES string of the molecule is CCc1ccc(NC(=O)C[NH+]2CCC[C@H](C(N)=O)C2)cc1. The first-order valence-corrected chi connectivity index (χ1v) is 7.60. The third kappa shape index (κ3) is 4.56. The van der Waals surface area contributed by atoms with E-state index < -0.39 is 0 Å². The fourth-order valence-electron chi connectivity index (χ4n) is 2.81. The van der Waals surface area contributed by atoms with Crippen molar-refractivity contribution in [3.05, 3.63) is 29.8 Å². The Balaban J connectivity index is 1.84. The molecule has 0 radical (unpaired) electrons. The summed E-state index contributed by atoms with van der Waals surface area (Å²) in [5.41, 5.74) is 7.43. The third-order valence-corrected chi connectivity index (χ3v) is 4.08. The number of hydrogen-bond donors (Lipinski definition) is 3. The molecule has 0 bridgehead atoms. The van der Waals surface area contributed by atoms with Crippen LogP contribution in [0, 0.1) is 5.92 Å². The molecule has 2 atom stereocenters. The zero-order valence-electron chi connectivity index (χ0n) is 12.5. The van der Waals surface area contributed by atoms with E-state index in [1.165, 1.54) is 5.56 Å². The van der Waals surface area contributed by atoms with E-state index in [0.717, 1.165) is 36.4 Å². The van der Waals surface area contributed by atoms with Gasteiger partial charge in [-0.25, -0.2) is 0 Å². The lowest BCUT2D eigenvalue weighted by Crippen LogP contribution is -3.14. The van der Waals surface area contributed by atoms with E-state index in [2.05, 4.69) is 12.2 Å². The smallest absolute Gasteiger partial charge is 0.279 e. The van der Waals surface area contributed by atoms with E-state index in [1.54, 1.807) is 0 Å². The van der Waals surface area contributed by atoms with Gasteiger partial charge in [-0.05, 0) is 37.0 Å². The standard InChI is InChI=1S/C16H23N3O2/c1-2-12-5-7-14(8-6-12)18-15(20)11-19-9-3-4-13(10-19)16(17)21/h5-8,13H,2-4,9-11H2,1H3,(H2,17,21)(H,18,20)/p+1/t13-/m0/s1. The summed E-state index contributed by atoms with van der Waals surface area (Å²) < 4.78 is 0. The molecule has 2 rings (SSSR count). The lowest BCUT2D eigenvalue weighted by molar-refractivity contribution is -0.899. The predicted octanol–water partition coefficient (Wildman–Crippen LogP) is -0.0323. The highest BCUT2D eigenvalue weighted by Gasteiger charge is 2.28. The maximum Gasteiger partial charge on any atom is 0.279 e. The summed E-state index contributed by atoms with van der Waals surface area (Å²) >= 11 is 0. The Morgan fingerprint density at radius 3 is 2.67 bits per heavy atom. The van der Waals surface area contributed by atoms with Gasteiger partial charge >= 0.3 is 0 Å². The number of piperidine rings is 1. The molecule has 0 saturated carbocycles. The summed E-state index contributed by atoms with van der Waals surface area (Å²) in [5.74, 6) is -0.354. The second-order valence-electron chi connectivity index (χ2n) is 5.72. The zero-order chi connectivity index (χ0) is 15.2. The topological polar surface area (TPSA) is 76.6 Å². The van der Waals surface area contributed by atoms with Gasteiger partial charge in [0.15, 0.2) is 6.54 Å². The molecule has 0 aliphatic carbocycles. The highest BCUT2D eigenvalue weighted by Crippen LogP contribution is 2.10. The molecule has 1 saturated heterocycles. The second kappa shape index (κ2) is 7.22. The molecule has 1 fully saturated rings. The molecule has 1 aromatic carbocycles. The van der Waals surface area contributed by atoms with E-state index >= 15 is 0 Å². The van der Waals surface area contributed by atoms with Gasteiger partial charge in [0.2, 0.25) is 5.91 Å². The first kappa shape index (κ1) is 15.5. The van der Waals surface area contributed by atoms with Crippen molar-refractivity contribution in [2.45, 2.75) is 26.2 Å². The normalized spacial score (nSPS) is 21.8. The first-order chi connectivity index (χ1) is 10.1. The molecule has 1 aliphatic rings. The number of carbonyl (C=O) groups excluding carboxylic acids is 2. The minimum Gasteiger partial charge on any atom is -0.369 e. The number of benzene rings is 1. The molecular formula is C16H24N3O2+. The Kier molecular flexibility index (Phi) is 5.33. The minimum absolute atomic E-state index is 0.0145. The van der Waals surface area contributed by atoms with Crippen LogP contribution < -0.4 is 16.0 Å². The van der Waals surface area contributed by atoms with Crippen molar-refractivity contribution >= 4 is 17.5 Å². The van der Waals surface area contributed by atoms with Crippen molar-refractivity contribution in [2.75, 3.05) is 25.0 Å². The number of nitrogens with one attached hydrogen (secondary N) is 2. The van der Waals surface area contributed by atoms with Gasteiger partial charge in [0.25, 0.3) is 5.91 Å². The first-order valence-electron chi connectivity index (χ1n) is 7.60. The van der Waals surface area contributed by atoms with Crippen molar-refractivity contribution in [1.29, 1.82) is 0 Å². The molecule has 5 heteroatoms. The molecule has 0 spiro atoms. The number of carbonyl (C=O) groups is 2. The van der Waals surface area contributed by atoms with Crippen LogP contribution in [0.3, 0.4) is 0 Å². The molecule has 114 valence electrons. The molecule has 4 N–H and O–H groups in total. The summed E-state index contributed by atoms with van der Waals surface area (Å²) in [6.07, 6.45) is 2.78. The Labute approximate surface area is 125 Å². The lowest BCUT2D eigenvalue weighted by Gasteiger charge is -2.27. The van der Waals surface area contributed by atoms with Crippen LogP contribution in [0.15, 0.2) is 24.3 Å². The maximum atomic E-state index is 12.1. The quantitative estimate of drug-likeness (QED) is 0.712. The van der Waals surface area contributed by atoms with Crippen LogP contribution in [0.1, 0.15) is 25.3 Å². The molecule has 0 aromatic heterocycles. The zero-order valence-corrected chi connectivity index (χ0v) is 12.5. The fraction of sp³-hybridized carbons (Fsp3) is 0.500. The highest BCUT2D eigenvalue weighted by molar-refractivity contribution is 5.91. The second-order valence-corrected chi connectivity index (χ2v) is 5.72. The Morgan fingerprint density at radius 1 is 1.33 bits per heavy atom. The van der Waals surface area contributed by atoms with Crippen LogP contribution in [0.5, 0.6) is 0 Å². The van der Waals surface area contributed by atoms with Gasteiger partial charge in [-0.2, -0.15) is 0 Å². The van der Waals surface area contributed by atoms with Crippen LogP contribution >= 0.6 is 0 Å². The summed E-state index contributed by atoms with van der Waals surface area (Å²) in [6.45, 7) is 4.07. The summed E-state index contributed by atoms with van der Waals surface area (Å²) in [4.78, 5) is 24.4. The number of hydrogen-bond acceptors (Lipinski definition) is 2. The molecule has 1 aromatic rings. The van der Waals surface area contributed by atoms with E-state index in [-0.39, 0.29) is 17.7 Å². The average Bonchev–Trinajstić information content (AvgIpc) is 2.48. The van der Waals surface area contributed by atoms with Crippen LogP contribution in [-0.2, 0) is 16.0 Å². The van der Waals surface area contributed by atoms with Gasteiger partial charge in [-0.1, -0.05) is 19.1 Å². The summed E-state index contributed by atoms with van der Waals surface area (Å²) in [5, 5.41) is 2.91. The maximum absolute atomic E-state index is 12.1. The van der Waals surface area contributed by atoms with Gasteiger partial charge < -0.3 is 16.0 Å². The van der Waals surface area contributed by atoms with E-state index in [9.17, 15) is 9.59 Å². The van der Waals surface area contributed by atoms with Crippen LogP contribution in [0.25, 0.3) is 0 Å². The Bertz CT molecular complexity index is 499. The average molecular weight is 290 g/mol. The van der Waals surface area contributed by atoms with Crippen molar-refractivity contribution in [3.63, 3.8) is 0 Å². The van der Waals surface area contributed by atoms with Crippen molar-refractivity contribution < 1.29 is 14.5 Å². The summed E-state index contributed by atoms with van der Waals surface area (Å²) in [7, 11) is 0. The van der Waals surface area contributed by atoms with Gasteiger partial charge in [0.05, 0.1) is 19.0 Å². The molecule has 5 nitrogen and oxygen atoms in total. The summed E-state index contributed by atoms with van der Waals surface area (Å²) in [6, 6.07) is 7.89. The molecule has 1 unspecified atom stereocenters.